The van der Waals surface area contributed by atoms with Crippen LogP contribution in [0.4, 0.5) is 0 Å². The van der Waals surface area contributed by atoms with Crippen LogP contribution in [0.3, 0.4) is 0 Å². The summed E-state index contributed by atoms with van der Waals surface area (Å²) < 4.78 is 5.68. The average molecular weight is 248 g/mol. The molecule has 0 fully saturated rings. The van der Waals surface area contributed by atoms with Crippen LogP contribution in [-0.4, -0.2) is 0 Å². The second-order valence-electron chi connectivity index (χ2n) is 4.90. The van der Waals surface area contributed by atoms with E-state index in [0.29, 0.717) is 0 Å². The van der Waals surface area contributed by atoms with Gasteiger partial charge in [0.15, 0.2) is 0 Å². The molecule has 1 heterocycles. The Morgan fingerprint density at radius 2 is 1.16 bits per heavy atom. The van der Waals surface area contributed by atoms with Gasteiger partial charge in [-0.2, -0.15) is 0 Å². The van der Waals surface area contributed by atoms with Crippen molar-refractivity contribution in [1.82, 2.24) is 0 Å². The van der Waals surface area contributed by atoms with Crippen LogP contribution in [0.1, 0.15) is 11.1 Å². The minimum Gasteiger partial charge on any atom is -0.464 e. The summed E-state index contributed by atoms with van der Waals surface area (Å²) in [5.74, 6) is 0.934. The molecule has 0 aliphatic heterocycles. The summed E-state index contributed by atoms with van der Waals surface area (Å²) in [6.07, 6.45) is 1.75. The van der Waals surface area contributed by atoms with Gasteiger partial charge < -0.3 is 4.42 Å². The molecule has 0 amide bonds. The summed E-state index contributed by atoms with van der Waals surface area (Å²) in [5, 5.41) is 0. The molecule has 3 aromatic rings. The third-order valence-electron chi connectivity index (χ3n) is 3.34. The van der Waals surface area contributed by atoms with Crippen molar-refractivity contribution < 1.29 is 4.42 Å². The van der Waals surface area contributed by atoms with E-state index in [0.717, 1.165) is 16.9 Å². The SMILES string of the molecule is Cc1ccc(-c2ccoc2-c2ccc(C)cc2)cc1. The van der Waals surface area contributed by atoms with E-state index in [2.05, 4.69) is 62.4 Å². The van der Waals surface area contributed by atoms with Crippen molar-refractivity contribution in [2.24, 2.45) is 0 Å². The van der Waals surface area contributed by atoms with Crippen LogP contribution in [-0.2, 0) is 0 Å². The van der Waals surface area contributed by atoms with Crippen LogP contribution in [0.5, 0.6) is 0 Å². The molecule has 0 atom stereocenters. The Labute approximate surface area is 113 Å². The molecule has 1 aromatic heterocycles. The fraction of sp³-hybridized carbons (Fsp3) is 0.111. The molecule has 19 heavy (non-hydrogen) atoms. The highest BCUT2D eigenvalue weighted by atomic mass is 16.3. The summed E-state index contributed by atoms with van der Waals surface area (Å²) in [6.45, 7) is 4.19. The Balaban J connectivity index is 2.07. The van der Waals surface area contributed by atoms with Crippen molar-refractivity contribution in [2.75, 3.05) is 0 Å². The molecule has 0 unspecified atom stereocenters. The maximum atomic E-state index is 5.68. The highest BCUT2D eigenvalue weighted by Gasteiger charge is 2.10. The monoisotopic (exact) mass is 248 g/mol. The fourth-order valence-electron chi connectivity index (χ4n) is 2.20. The lowest BCUT2D eigenvalue weighted by Gasteiger charge is -2.04. The smallest absolute Gasteiger partial charge is 0.141 e. The van der Waals surface area contributed by atoms with E-state index in [-0.39, 0.29) is 0 Å². The molecule has 0 aliphatic rings. The van der Waals surface area contributed by atoms with Crippen LogP contribution >= 0.6 is 0 Å². The topological polar surface area (TPSA) is 13.1 Å². The van der Waals surface area contributed by atoms with Gasteiger partial charge in [0.05, 0.1) is 6.26 Å². The summed E-state index contributed by atoms with van der Waals surface area (Å²) >= 11 is 0. The Kier molecular flexibility index (Phi) is 2.96. The molecule has 0 radical (unpaired) electrons. The van der Waals surface area contributed by atoms with E-state index in [1.54, 1.807) is 6.26 Å². The molecule has 1 heteroatoms. The van der Waals surface area contributed by atoms with Gasteiger partial charge in [0.25, 0.3) is 0 Å². The molecule has 0 saturated heterocycles. The van der Waals surface area contributed by atoms with E-state index >= 15 is 0 Å². The molecule has 0 N–H and O–H groups in total. The fourth-order valence-corrected chi connectivity index (χ4v) is 2.20. The van der Waals surface area contributed by atoms with Gasteiger partial charge >= 0.3 is 0 Å². The van der Waals surface area contributed by atoms with Crippen molar-refractivity contribution >= 4 is 0 Å². The lowest BCUT2D eigenvalue weighted by molar-refractivity contribution is 0.583. The number of hydrogen-bond donors (Lipinski definition) is 0. The van der Waals surface area contributed by atoms with E-state index < -0.39 is 0 Å². The Bertz CT molecular complexity index is 612. The first-order chi connectivity index (χ1) is 9.24. The Morgan fingerprint density at radius 1 is 0.632 bits per heavy atom. The molecule has 0 bridgehead atoms. The first-order valence-electron chi connectivity index (χ1n) is 6.45. The third kappa shape index (κ3) is 2.32. The average Bonchev–Trinajstić information content (AvgIpc) is 2.90. The van der Waals surface area contributed by atoms with Crippen LogP contribution in [0.15, 0.2) is 65.3 Å². The molecule has 94 valence electrons. The Morgan fingerprint density at radius 3 is 1.74 bits per heavy atom. The zero-order valence-electron chi connectivity index (χ0n) is 11.2. The van der Waals surface area contributed by atoms with Gasteiger partial charge in [-0.3, -0.25) is 0 Å². The van der Waals surface area contributed by atoms with Crippen LogP contribution < -0.4 is 0 Å². The van der Waals surface area contributed by atoms with Crippen LogP contribution in [0.2, 0.25) is 0 Å². The minimum atomic E-state index is 0.934. The molecule has 3 rings (SSSR count). The normalized spacial score (nSPS) is 10.6. The number of benzene rings is 2. The second-order valence-corrected chi connectivity index (χ2v) is 4.90. The number of furan rings is 1. The summed E-state index contributed by atoms with van der Waals surface area (Å²) in [7, 11) is 0. The predicted octanol–water partition coefficient (Wildman–Crippen LogP) is 5.23. The van der Waals surface area contributed by atoms with Gasteiger partial charge in [0, 0.05) is 11.1 Å². The standard InChI is InChI=1S/C18H16O/c1-13-3-7-15(8-4-13)17-11-12-19-18(17)16-9-5-14(2)6-10-16/h3-12H,1-2H3. The van der Waals surface area contributed by atoms with E-state index in [1.807, 2.05) is 6.07 Å². The molecule has 0 saturated carbocycles. The molecule has 2 aromatic carbocycles. The van der Waals surface area contributed by atoms with Crippen molar-refractivity contribution in [2.45, 2.75) is 13.8 Å². The van der Waals surface area contributed by atoms with Gasteiger partial charge in [0.2, 0.25) is 0 Å². The van der Waals surface area contributed by atoms with E-state index in [9.17, 15) is 0 Å². The van der Waals surface area contributed by atoms with Gasteiger partial charge in [-0.25, -0.2) is 0 Å². The zero-order valence-corrected chi connectivity index (χ0v) is 11.2. The summed E-state index contributed by atoms with van der Waals surface area (Å²) in [4.78, 5) is 0. The molecule has 0 spiro atoms. The molecular weight excluding hydrogens is 232 g/mol. The van der Waals surface area contributed by atoms with Crippen molar-refractivity contribution in [1.29, 1.82) is 0 Å². The van der Waals surface area contributed by atoms with Crippen molar-refractivity contribution in [3.63, 3.8) is 0 Å². The van der Waals surface area contributed by atoms with Gasteiger partial charge in [0.1, 0.15) is 5.76 Å². The van der Waals surface area contributed by atoms with E-state index in [4.69, 9.17) is 4.42 Å². The minimum absolute atomic E-state index is 0.934. The van der Waals surface area contributed by atoms with Gasteiger partial charge in [-0.15, -0.1) is 0 Å². The highest BCUT2D eigenvalue weighted by Crippen LogP contribution is 2.33. The first-order valence-corrected chi connectivity index (χ1v) is 6.45. The lowest BCUT2D eigenvalue weighted by Crippen LogP contribution is -1.81. The number of rotatable bonds is 2. The summed E-state index contributed by atoms with van der Waals surface area (Å²) in [5.41, 5.74) is 5.97. The largest absolute Gasteiger partial charge is 0.464 e. The lowest BCUT2D eigenvalue weighted by atomic mass is 10.0. The maximum Gasteiger partial charge on any atom is 0.141 e. The predicted molar refractivity (Wildman–Crippen MR) is 79.1 cm³/mol. The highest BCUT2D eigenvalue weighted by molar-refractivity contribution is 5.79. The van der Waals surface area contributed by atoms with Crippen molar-refractivity contribution in [3.05, 3.63) is 72.0 Å². The van der Waals surface area contributed by atoms with Crippen LogP contribution in [0, 0.1) is 13.8 Å². The maximum absolute atomic E-state index is 5.68. The third-order valence-corrected chi connectivity index (χ3v) is 3.34. The zero-order chi connectivity index (χ0) is 13.2. The molecule has 0 aliphatic carbocycles. The van der Waals surface area contributed by atoms with Crippen molar-refractivity contribution in [3.8, 4) is 22.5 Å². The van der Waals surface area contributed by atoms with Gasteiger partial charge in [-0.1, -0.05) is 59.7 Å². The number of aryl methyl sites for hydroxylation is 2. The number of hydrogen-bond acceptors (Lipinski definition) is 1. The Hall–Kier alpha value is -2.28. The second kappa shape index (κ2) is 4.77. The molecule has 1 nitrogen and oxygen atoms in total. The first kappa shape index (κ1) is 11.8. The summed E-state index contributed by atoms with van der Waals surface area (Å²) in [6, 6.07) is 19.0. The van der Waals surface area contributed by atoms with Gasteiger partial charge in [-0.05, 0) is 25.5 Å². The molecular formula is C18H16O. The van der Waals surface area contributed by atoms with Crippen LogP contribution in [0.25, 0.3) is 22.5 Å². The van der Waals surface area contributed by atoms with E-state index in [1.165, 1.54) is 16.7 Å². The quantitative estimate of drug-likeness (QED) is 0.605.